The van der Waals surface area contributed by atoms with Gasteiger partial charge in [-0.25, -0.2) is 0 Å². The lowest BCUT2D eigenvalue weighted by Crippen LogP contribution is -2.61. The molecule has 1 unspecified atom stereocenters. The third-order valence-electron chi connectivity index (χ3n) is 6.48. The molecule has 5 heteroatoms. The SMILES string of the molecule is CO[C@H]1CN(Cc2ccccc2)CCC1N1C[C@H](C)OC[C@@H]1Cc1ccc(Cl)cc1. The fourth-order valence-corrected chi connectivity index (χ4v) is 5.04. The van der Waals surface area contributed by atoms with Crippen LogP contribution in [0.2, 0.25) is 5.02 Å². The van der Waals surface area contributed by atoms with E-state index in [1.165, 1.54) is 11.1 Å². The Bertz CT molecular complexity index is 785. The Hall–Kier alpha value is -1.43. The van der Waals surface area contributed by atoms with Crippen LogP contribution in [0.1, 0.15) is 24.5 Å². The zero-order valence-electron chi connectivity index (χ0n) is 18.0. The second-order valence-electron chi connectivity index (χ2n) is 8.68. The van der Waals surface area contributed by atoms with Crippen LogP contribution < -0.4 is 0 Å². The molecule has 0 saturated carbocycles. The molecule has 0 bridgehead atoms. The van der Waals surface area contributed by atoms with Gasteiger partial charge in [0, 0.05) is 50.4 Å². The van der Waals surface area contributed by atoms with Gasteiger partial charge < -0.3 is 9.47 Å². The van der Waals surface area contributed by atoms with Crippen LogP contribution in [0.5, 0.6) is 0 Å². The molecule has 2 aliphatic rings. The summed E-state index contributed by atoms with van der Waals surface area (Å²) in [5.41, 5.74) is 2.68. The van der Waals surface area contributed by atoms with E-state index in [0.29, 0.717) is 12.1 Å². The molecular weight excluding hydrogens is 396 g/mol. The van der Waals surface area contributed by atoms with E-state index in [4.69, 9.17) is 21.1 Å². The lowest BCUT2D eigenvalue weighted by molar-refractivity contribution is -0.115. The fourth-order valence-electron chi connectivity index (χ4n) is 4.91. The molecule has 0 N–H and O–H groups in total. The first-order chi connectivity index (χ1) is 14.6. The molecule has 0 aromatic heterocycles. The summed E-state index contributed by atoms with van der Waals surface area (Å²) in [5, 5.41) is 0.786. The lowest BCUT2D eigenvalue weighted by Gasteiger charge is -2.49. The minimum atomic E-state index is 0.209. The van der Waals surface area contributed by atoms with Gasteiger partial charge >= 0.3 is 0 Å². The largest absolute Gasteiger partial charge is 0.378 e. The lowest BCUT2D eigenvalue weighted by atomic mass is 9.94. The maximum Gasteiger partial charge on any atom is 0.0853 e. The van der Waals surface area contributed by atoms with Crippen molar-refractivity contribution in [3.63, 3.8) is 0 Å². The summed E-state index contributed by atoms with van der Waals surface area (Å²) < 4.78 is 12.1. The van der Waals surface area contributed by atoms with Crippen molar-refractivity contribution >= 4 is 11.6 Å². The molecular formula is C25H33ClN2O2. The molecule has 2 aliphatic heterocycles. The molecule has 0 radical (unpaired) electrons. The van der Waals surface area contributed by atoms with Gasteiger partial charge in [0.25, 0.3) is 0 Å². The van der Waals surface area contributed by atoms with E-state index in [1.807, 2.05) is 19.2 Å². The minimum absolute atomic E-state index is 0.209. The number of nitrogens with zero attached hydrogens (tertiary/aromatic N) is 2. The van der Waals surface area contributed by atoms with Crippen LogP contribution in [0.3, 0.4) is 0 Å². The second-order valence-corrected chi connectivity index (χ2v) is 9.11. The number of piperidine rings is 1. The van der Waals surface area contributed by atoms with E-state index in [-0.39, 0.29) is 12.2 Å². The number of ether oxygens (including phenoxy) is 2. The molecule has 162 valence electrons. The van der Waals surface area contributed by atoms with Crippen LogP contribution >= 0.6 is 11.6 Å². The van der Waals surface area contributed by atoms with Crippen molar-refractivity contribution in [3.8, 4) is 0 Å². The Balaban J connectivity index is 1.44. The molecule has 4 atom stereocenters. The van der Waals surface area contributed by atoms with E-state index < -0.39 is 0 Å². The predicted molar refractivity (Wildman–Crippen MR) is 122 cm³/mol. The highest BCUT2D eigenvalue weighted by atomic mass is 35.5. The predicted octanol–water partition coefficient (Wildman–Crippen LogP) is 4.26. The number of hydrogen-bond donors (Lipinski definition) is 0. The van der Waals surface area contributed by atoms with E-state index in [0.717, 1.165) is 50.7 Å². The van der Waals surface area contributed by atoms with Crippen LogP contribution in [-0.4, -0.2) is 67.4 Å². The standard InChI is InChI=1S/C25H33ClN2O2/c1-19-15-28(23(18-30-19)14-20-8-10-22(26)11-9-20)24-12-13-27(17-25(24)29-2)16-21-6-4-3-5-7-21/h3-11,19,23-25H,12-18H2,1-2H3/t19-,23-,24?,25-/m0/s1. The molecule has 4 nitrogen and oxygen atoms in total. The maximum absolute atomic E-state index is 6.08. The highest BCUT2D eigenvalue weighted by Crippen LogP contribution is 2.27. The molecule has 2 heterocycles. The van der Waals surface area contributed by atoms with Crippen LogP contribution in [0, 0.1) is 0 Å². The normalized spacial score (nSPS) is 28.5. The zero-order valence-corrected chi connectivity index (χ0v) is 18.8. The van der Waals surface area contributed by atoms with Gasteiger partial charge in [0.05, 0.1) is 18.8 Å². The average Bonchev–Trinajstić information content (AvgIpc) is 2.77. The number of likely N-dealkylation sites (tertiary alicyclic amines) is 1. The van der Waals surface area contributed by atoms with Crippen LogP contribution in [0.15, 0.2) is 54.6 Å². The van der Waals surface area contributed by atoms with Crippen molar-refractivity contribution in [3.05, 3.63) is 70.7 Å². The summed E-state index contributed by atoms with van der Waals surface area (Å²) in [6.45, 7) is 6.96. The molecule has 30 heavy (non-hydrogen) atoms. The van der Waals surface area contributed by atoms with Crippen LogP contribution in [0.25, 0.3) is 0 Å². The summed E-state index contributed by atoms with van der Waals surface area (Å²) in [5.74, 6) is 0. The first kappa shape index (κ1) is 21.8. The topological polar surface area (TPSA) is 24.9 Å². The van der Waals surface area contributed by atoms with Crippen molar-refractivity contribution in [1.82, 2.24) is 9.80 Å². The first-order valence-corrected chi connectivity index (χ1v) is 11.4. The van der Waals surface area contributed by atoms with Crippen molar-refractivity contribution in [1.29, 1.82) is 0 Å². The maximum atomic E-state index is 6.08. The van der Waals surface area contributed by atoms with Gasteiger partial charge in [-0.1, -0.05) is 54.1 Å². The van der Waals surface area contributed by atoms with Gasteiger partial charge in [0.15, 0.2) is 0 Å². The second kappa shape index (κ2) is 10.3. The van der Waals surface area contributed by atoms with E-state index in [9.17, 15) is 0 Å². The third-order valence-corrected chi connectivity index (χ3v) is 6.73. The Morgan fingerprint density at radius 2 is 1.80 bits per heavy atom. The molecule has 2 aromatic carbocycles. The van der Waals surface area contributed by atoms with Crippen LogP contribution in [-0.2, 0) is 22.4 Å². The summed E-state index contributed by atoms with van der Waals surface area (Å²) in [6, 6.07) is 19.7. The smallest absolute Gasteiger partial charge is 0.0853 e. The van der Waals surface area contributed by atoms with Gasteiger partial charge in [-0.15, -0.1) is 0 Å². The van der Waals surface area contributed by atoms with Crippen molar-refractivity contribution in [2.45, 2.75) is 50.6 Å². The number of benzene rings is 2. The summed E-state index contributed by atoms with van der Waals surface area (Å²) >= 11 is 6.08. The molecule has 2 saturated heterocycles. The van der Waals surface area contributed by atoms with Gasteiger partial charge in [-0.2, -0.15) is 0 Å². The Labute approximate surface area is 185 Å². The number of methoxy groups -OCH3 is 1. The number of hydrogen-bond acceptors (Lipinski definition) is 4. The average molecular weight is 429 g/mol. The quantitative estimate of drug-likeness (QED) is 0.686. The van der Waals surface area contributed by atoms with Crippen molar-refractivity contribution < 1.29 is 9.47 Å². The number of rotatable bonds is 6. The van der Waals surface area contributed by atoms with E-state index in [1.54, 1.807) is 0 Å². The molecule has 4 rings (SSSR count). The zero-order chi connectivity index (χ0) is 20.9. The first-order valence-electron chi connectivity index (χ1n) is 11.0. The summed E-state index contributed by atoms with van der Waals surface area (Å²) in [6.07, 6.45) is 2.56. The molecule has 0 amide bonds. The summed E-state index contributed by atoms with van der Waals surface area (Å²) in [7, 11) is 1.86. The van der Waals surface area contributed by atoms with E-state index >= 15 is 0 Å². The number of morpholine rings is 1. The summed E-state index contributed by atoms with van der Waals surface area (Å²) in [4.78, 5) is 5.19. The highest BCUT2D eigenvalue weighted by Gasteiger charge is 2.39. The third kappa shape index (κ3) is 5.43. The van der Waals surface area contributed by atoms with Gasteiger partial charge in [0.1, 0.15) is 0 Å². The van der Waals surface area contributed by atoms with Gasteiger partial charge in [-0.3, -0.25) is 9.80 Å². The Morgan fingerprint density at radius 1 is 1.03 bits per heavy atom. The molecule has 2 aromatic rings. The highest BCUT2D eigenvalue weighted by molar-refractivity contribution is 6.30. The van der Waals surface area contributed by atoms with Crippen molar-refractivity contribution in [2.75, 3.05) is 33.4 Å². The molecule has 0 aliphatic carbocycles. The van der Waals surface area contributed by atoms with E-state index in [2.05, 4.69) is 59.2 Å². The fraction of sp³-hybridized carbons (Fsp3) is 0.520. The Morgan fingerprint density at radius 3 is 2.53 bits per heavy atom. The molecule has 0 spiro atoms. The number of halogens is 1. The Kier molecular flexibility index (Phi) is 7.45. The monoisotopic (exact) mass is 428 g/mol. The van der Waals surface area contributed by atoms with Gasteiger partial charge in [-0.05, 0) is 43.0 Å². The molecule has 2 fully saturated rings. The van der Waals surface area contributed by atoms with Crippen LogP contribution in [0.4, 0.5) is 0 Å². The minimum Gasteiger partial charge on any atom is -0.378 e. The van der Waals surface area contributed by atoms with Gasteiger partial charge in [0.2, 0.25) is 0 Å². The van der Waals surface area contributed by atoms with Crippen molar-refractivity contribution in [2.24, 2.45) is 0 Å².